The maximum Gasteiger partial charge on any atom is 0.476 e. The van der Waals surface area contributed by atoms with E-state index in [1.54, 1.807) is 0 Å². The molecule has 20 heteroatoms. The summed E-state index contributed by atoms with van der Waals surface area (Å²) in [4.78, 5) is 48.9. The van der Waals surface area contributed by atoms with E-state index in [0.29, 0.717) is 0 Å². The first kappa shape index (κ1) is 25.1. The molecule has 180 valence electrons. The Labute approximate surface area is 178 Å². The molecular weight excluding hydrogens is 499 g/mol. The standard InChI is InChI=1S/C12H20N5O12P3/c1-12(20)6(17-3-14-7-9(17)15-11(13)16-10(7)19)2-5(8(12)18)27-4-31(22,23)28-30(21)29-32(24,25)26/h3,5-6,8,18,20,30H,2,4H2,1H3,(H,22,23)(H2,24,25,26)(H3,13,15,16,19)/t5-,6+,8+,12-/m0/s1. The molecule has 1 saturated carbocycles. The van der Waals surface area contributed by atoms with Crippen LogP contribution in [0.3, 0.4) is 0 Å². The van der Waals surface area contributed by atoms with Gasteiger partial charge in [-0.05, 0) is 13.3 Å². The number of fused-ring (bicyclic) bond motifs is 1. The van der Waals surface area contributed by atoms with Gasteiger partial charge in [0.2, 0.25) is 5.95 Å². The number of aliphatic hydroxyl groups is 2. The summed E-state index contributed by atoms with van der Waals surface area (Å²) < 4.78 is 48.2. The highest BCUT2D eigenvalue weighted by Gasteiger charge is 2.53. The molecule has 2 unspecified atom stereocenters. The molecule has 0 radical (unpaired) electrons. The van der Waals surface area contributed by atoms with Crippen LogP contribution >= 0.6 is 23.7 Å². The number of H-pyrrole nitrogens is 1. The Balaban J connectivity index is 1.76. The Kier molecular flexibility index (Phi) is 6.84. The van der Waals surface area contributed by atoms with E-state index in [4.69, 9.17) is 20.3 Å². The minimum absolute atomic E-state index is 0.0220. The molecule has 6 atom stereocenters. The number of nitrogen functional groups attached to an aromatic ring is 1. The van der Waals surface area contributed by atoms with E-state index in [1.165, 1.54) is 17.8 Å². The lowest BCUT2D eigenvalue weighted by Crippen LogP contribution is -2.44. The number of nitrogens with two attached hydrogens (primary N) is 1. The van der Waals surface area contributed by atoms with Crippen molar-refractivity contribution in [2.75, 3.05) is 12.1 Å². The van der Waals surface area contributed by atoms with E-state index >= 15 is 0 Å². The van der Waals surface area contributed by atoms with E-state index in [1.807, 2.05) is 0 Å². The third kappa shape index (κ3) is 5.35. The van der Waals surface area contributed by atoms with E-state index < -0.39 is 59.4 Å². The number of aromatic nitrogens is 4. The number of rotatable bonds is 8. The number of nitrogens with one attached hydrogen (secondary N) is 1. The summed E-state index contributed by atoms with van der Waals surface area (Å²) in [5.74, 6) is -0.207. The Morgan fingerprint density at radius 2 is 2.03 bits per heavy atom. The van der Waals surface area contributed by atoms with Crippen molar-refractivity contribution in [3.8, 4) is 0 Å². The highest BCUT2D eigenvalue weighted by molar-refractivity contribution is 7.63. The lowest BCUT2D eigenvalue weighted by Gasteiger charge is -2.29. The maximum atomic E-state index is 12.0. The van der Waals surface area contributed by atoms with Crippen LogP contribution in [0.25, 0.3) is 11.2 Å². The van der Waals surface area contributed by atoms with Crippen LogP contribution in [0, 0.1) is 0 Å². The normalized spacial score (nSPS) is 29.2. The van der Waals surface area contributed by atoms with Gasteiger partial charge in [-0.2, -0.15) is 4.98 Å². The molecule has 17 nitrogen and oxygen atoms in total. The summed E-state index contributed by atoms with van der Waals surface area (Å²) in [6.07, 6.45) is -2.95. The SMILES string of the molecule is C[C@@]1(O)[C@H](O)[C@@H](OCP(=O)(O)O[PH](=O)OP(=O)(O)O)C[C@H]1n1cnc2c(=O)[nH]c(N)nc21. The van der Waals surface area contributed by atoms with Gasteiger partial charge in [-0.25, -0.2) is 18.2 Å². The zero-order valence-electron chi connectivity index (χ0n) is 16.1. The molecule has 1 fully saturated rings. The molecule has 1 aliphatic carbocycles. The number of hydrogen-bond donors (Lipinski definition) is 7. The predicted octanol–water partition coefficient (Wildman–Crippen LogP) is -1.20. The second-order valence-corrected chi connectivity index (χ2v) is 11.6. The molecule has 2 heterocycles. The Morgan fingerprint density at radius 1 is 1.38 bits per heavy atom. The van der Waals surface area contributed by atoms with E-state index in [-0.39, 0.29) is 23.5 Å². The van der Waals surface area contributed by atoms with Gasteiger partial charge >= 0.3 is 23.7 Å². The largest absolute Gasteiger partial charge is 0.476 e. The molecule has 0 saturated heterocycles. The van der Waals surface area contributed by atoms with E-state index in [0.717, 1.165) is 0 Å². The van der Waals surface area contributed by atoms with Crippen LogP contribution in [0.4, 0.5) is 5.95 Å². The van der Waals surface area contributed by atoms with Crippen molar-refractivity contribution in [3.63, 3.8) is 0 Å². The van der Waals surface area contributed by atoms with Crippen molar-refractivity contribution in [2.45, 2.75) is 37.2 Å². The lowest BCUT2D eigenvalue weighted by atomic mass is 9.98. The third-order valence-electron chi connectivity index (χ3n) is 4.73. The van der Waals surface area contributed by atoms with Gasteiger partial charge in [0.15, 0.2) is 11.2 Å². The highest BCUT2D eigenvalue weighted by Crippen LogP contribution is 2.57. The molecule has 0 bridgehead atoms. The fourth-order valence-corrected chi connectivity index (χ4v) is 6.07. The molecule has 0 aromatic carbocycles. The maximum absolute atomic E-state index is 12.0. The molecule has 1 aliphatic rings. The monoisotopic (exact) mass is 519 g/mol. The molecule has 0 aliphatic heterocycles. The molecule has 8 N–H and O–H groups in total. The lowest BCUT2D eigenvalue weighted by molar-refractivity contribution is -0.0993. The molecular formula is C12H20N5O12P3. The number of aliphatic hydroxyl groups excluding tert-OH is 1. The summed E-state index contributed by atoms with van der Waals surface area (Å²) in [7, 11) is -14.1. The molecule has 32 heavy (non-hydrogen) atoms. The molecule has 0 spiro atoms. The number of nitrogens with zero attached hydrogens (tertiary/aromatic N) is 3. The van der Waals surface area contributed by atoms with Crippen molar-refractivity contribution in [1.82, 2.24) is 19.5 Å². The average Bonchev–Trinajstić information content (AvgIpc) is 3.11. The Bertz CT molecular complexity index is 1190. The van der Waals surface area contributed by atoms with Crippen LogP contribution in [-0.2, 0) is 27.1 Å². The average molecular weight is 519 g/mol. The van der Waals surface area contributed by atoms with Gasteiger partial charge < -0.3 is 39.9 Å². The summed E-state index contributed by atoms with van der Waals surface area (Å²) in [5, 5.41) is 21.3. The summed E-state index contributed by atoms with van der Waals surface area (Å²) in [6.45, 7) is 1.26. The van der Waals surface area contributed by atoms with E-state index in [9.17, 15) is 33.6 Å². The first-order valence-corrected chi connectivity index (χ1v) is 13.2. The van der Waals surface area contributed by atoms with Crippen LogP contribution < -0.4 is 11.3 Å². The number of ether oxygens (including phenoxy) is 1. The first-order chi connectivity index (χ1) is 14.6. The van der Waals surface area contributed by atoms with E-state index in [2.05, 4.69) is 23.6 Å². The Hall–Kier alpha value is -1.48. The summed E-state index contributed by atoms with van der Waals surface area (Å²) in [6, 6.07) is -0.961. The number of imidazole rings is 1. The zero-order valence-corrected chi connectivity index (χ0v) is 18.9. The molecule has 0 amide bonds. The fourth-order valence-electron chi connectivity index (χ4n) is 3.33. The van der Waals surface area contributed by atoms with Gasteiger partial charge in [-0.3, -0.25) is 18.9 Å². The van der Waals surface area contributed by atoms with Gasteiger partial charge in [0.25, 0.3) is 5.56 Å². The summed E-state index contributed by atoms with van der Waals surface area (Å²) >= 11 is 0. The molecule has 2 aromatic rings. The minimum atomic E-state index is -5.22. The number of aromatic amines is 1. The van der Waals surface area contributed by atoms with Crippen LogP contribution in [-0.4, -0.2) is 68.6 Å². The number of phosphoric acid groups is 1. The third-order valence-corrected chi connectivity index (χ3v) is 8.49. The van der Waals surface area contributed by atoms with Crippen molar-refractivity contribution < 1.29 is 51.9 Å². The quantitative estimate of drug-likeness (QED) is 0.202. The highest BCUT2D eigenvalue weighted by atomic mass is 31.3. The number of hydrogen-bond acceptors (Lipinski definition) is 12. The van der Waals surface area contributed by atoms with Gasteiger partial charge in [0.05, 0.1) is 18.5 Å². The number of anilines is 1. The van der Waals surface area contributed by atoms with Crippen LogP contribution in [0.15, 0.2) is 11.1 Å². The zero-order chi connectivity index (χ0) is 24.1. The topological polar surface area (TPSA) is 270 Å². The molecule has 2 aromatic heterocycles. The second-order valence-electron chi connectivity index (χ2n) is 7.09. The minimum Gasteiger partial charge on any atom is -0.387 e. The van der Waals surface area contributed by atoms with Crippen molar-refractivity contribution >= 4 is 40.8 Å². The van der Waals surface area contributed by atoms with Crippen molar-refractivity contribution in [1.29, 1.82) is 0 Å². The van der Waals surface area contributed by atoms with Gasteiger partial charge in [0, 0.05) is 0 Å². The Morgan fingerprint density at radius 3 is 2.66 bits per heavy atom. The van der Waals surface area contributed by atoms with Crippen LogP contribution in [0.5, 0.6) is 0 Å². The first-order valence-electron chi connectivity index (χ1n) is 8.65. The van der Waals surface area contributed by atoms with Crippen molar-refractivity contribution in [2.24, 2.45) is 0 Å². The van der Waals surface area contributed by atoms with Gasteiger partial charge in [-0.15, -0.1) is 0 Å². The predicted molar refractivity (Wildman–Crippen MR) is 106 cm³/mol. The van der Waals surface area contributed by atoms with Gasteiger partial charge in [0.1, 0.15) is 18.1 Å². The second kappa shape index (κ2) is 8.70. The van der Waals surface area contributed by atoms with Gasteiger partial charge in [-0.1, -0.05) is 0 Å². The van der Waals surface area contributed by atoms with Crippen molar-refractivity contribution in [3.05, 3.63) is 16.7 Å². The summed E-state index contributed by atoms with van der Waals surface area (Å²) in [5.41, 5.74) is 3.00. The van der Waals surface area contributed by atoms with Crippen LogP contribution in [0.1, 0.15) is 19.4 Å². The van der Waals surface area contributed by atoms with Crippen LogP contribution in [0.2, 0.25) is 0 Å². The smallest absolute Gasteiger partial charge is 0.387 e. The molecule has 3 rings (SSSR count). The fraction of sp³-hybridized carbons (Fsp3) is 0.583.